The quantitative estimate of drug-likeness (QED) is 0.334. The maximum atomic E-state index is 6.18. The number of aromatic nitrogens is 1. The Labute approximate surface area is 189 Å². The van der Waals surface area contributed by atoms with Gasteiger partial charge in [-0.15, -0.1) is 0 Å². The highest BCUT2D eigenvalue weighted by atomic mass is 16.5. The van der Waals surface area contributed by atoms with Crippen LogP contribution in [-0.2, 0) is 19.8 Å². The van der Waals surface area contributed by atoms with Crippen LogP contribution in [0.3, 0.4) is 0 Å². The van der Waals surface area contributed by atoms with Crippen LogP contribution in [-0.4, -0.2) is 4.98 Å². The van der Waals surface area contributed by atoms with Gasteiger partial charge in [-0.1, -0.05) is 72.8 Å². The molecule has 1 unspecified atom stereocenters. The second-order valence-corrected chi connectivity index (χ2v) is 7.69. The topological polar surface area (TPSA) is 43.4 Å². The molecule has 0 aliphatic heterocycles. The fourth-order valence-electron chi connectivity index (χ4n) is 3.37. The molecule has 1 aromatic heterocycles. The minimum atomic E-state index is 0.152. The second kappa shape index (κ2) is 11.1. The summed E-state index contributed by atoms with van der Waals surface area (Å²) in [4.78, 5) is 4.43. The molecular formula is C28H28N2O2. The van der Waals surface area contributed by atoms with Crippen LogP contribution in [0.1, 0.15) is 35.3 Å². The van der Waals surface area contributed by atoms with Gasteiger partial charge in [0.2, 0.25) is 0 Å². The maximum absolute atomic E-state index is 6.18. The number of rotatable bonds is 10. The van der Waals surface area contributed by atoms with Gasteiger partial charge in [-0.3, -0.25) is 4.98 Å². The molecule has 0 saturated carbocycles. The Morgan fingerprint density at radius 3 is 1.94 bits per heavy atom. The van der Waals surface area contributed by atoms with Crippen LogP contribution < -0.4 is 14.8 Å². The maximum Gasteiger partial charge on any atom is 0.162 e. The van der Waals surface area contributed by atoms with Gasteiger partial charge in [-0.25, -0.2) is 0 Å². The predicted octanol–water partition coefficient (Wildman–Crippen LogP) is 6.09. The number of pyridine rings is 1. The summed E-state index contributed by atoms with van der Waals surface area (Å²) in [6.07, 6.45) is 1.82. The van der Waals surface area contributed by atoms with Gasteiger partial charge < -0.3 is 14.8 Å². The zero-order valence-corrected chi connectivity index (χ0v) is 18.3. The molecule has 0 fully saturated rings. The lowest BCUT2D eigenvalue weighted by Gasteiger charge is -2.16. The Balaban J connectivity index is 1.46. The van der Waals surface area contributed by atoms with Crippen molar-refractivity contribution in [1.29, 1.82) is 0 Å². The van der Waals surface area contributed by atoms with Crippen molar-refractivity contribution in [2.75, 3.05) is 0 Å². The second-order valence-electron chi connectivity index (χ2n) is 7.69. The minimum absolute atomic E-state index is 0.152. The van der Waals surface area contributed by atoms with E-state index < -0.39 is 0 Å². The normalized spacial score (nSPS) is 11.7. The molecule has 4 rings (SSSR count). The zero-order chi connectivity index (χ0) is 22.0. The number of hydrogen-bond acceptors (Lipinski definition) is 4. The third kappa shape index (κ3) is 6.19. The third-order valence-electron chi connectivity index (χ3n) is 5.23. The fraction of sp³-hybridized carbons (Fsp3) is 0.179. The molecule has 1 heterocycles. The first kappa shape index (κ1) is 21.6. The van der Waals surface area contributed by atoms with Crippen LogP contribution in [0.2, 0.25) is 0 Å². The lowest BCUT2D eigenvalue weighted by molar-refractivity contribution is 0.255. The number of benzene rings is 3. The molecule has 32 heavy (non-hydrogen) atoms. The van der Waals surface area contributed by atoms with Crippen LogP contribution >= 0.6 is 0 Å². The van der Waals surface area contributed by atoms with Gasteiger partial charge in [0.05, 0.1) is 5.69 Å². The molecular weight excluding hydrogens is 396 g/mol. The van der Waals surface area contributed by atoms with Crippen molar-refractivity contribution in [2.45, 2.75) is 32.7 Å². The number of nitrogens with one attached hydrogen (secondary N) is 1. The van der Waals surface area contributed by atoms with Crippen LogP contribution in [0.15, 0.2) is 103 Å². The van der Waals surface area contributed by atoms with Crippen molar-refractivity contribution in [3.05, 3.63) is 126 Å². The van der Waals surface area contributed by atoms with E-state index in [2.05, 4.69) is 53.6 Å². The Hall–Kier alpha value is -3.63. The first-order valence-electron chi connectivity index (χ1n) is 10.9. The minimum Gasteiger partial charge on any atom is -0.485 e. The number of ether oxygens (including phenoxy) is 2. The summed E-state index contributed by atoms with van der Waals surface area (Å²) in [7, 11) is 0. The zero-order valence-electron chi connectivity index (χ0n) is 18.3. The molecule has 4 heteroatoms. The van der Waals surface area contributed by atoms with Crippen LogP contribution in [0.25, 0.3) is 0 Å². The molecule has 0 radical (unpaired) electrons. The van der Waals surface area contributed by atoms with E-state index in [1.54, 1.807) is 0 Å². The SMILES string of the molecule is CC(NCc1ccc(OCc2ccccc2)c(OCc2ccccc2)c1)c1ccccn1. The van der Waals surface area contributed by atoms with Gasteiger partial charge in [-0.05, 0) is 47.9 Å². The van der Waals surface area contributed by atoms with Crippen LogP contribution in [0.5, 0.6) is 11.5 Å². The highest BCUT2D eigenvalue weighted by molar-refractivity contribution is 5.43. The summed E-state index contributed by atoms with van der Waals surface area (Å²) in [5.41, 5.74) is 4.39. The molecule has 0 aliphatic carbocycles. The largest absolute Gasteiger partial charge is 0.485 e. The number of hydrogen-bond donors (Lipinski definition) is 1. The van der Waals surface area contributed by atoms with Gasteiger partial charge in [0.15, 0.2) is 11.5 Å². The molecule has 1 N–H and O–H groups in total. The summed E-state index contributed by atoms with van der Waals surface area (Å²) in [6.45, 7) is 3.81. The summed E-state index contributed by atoms with van der Waals surface area (Å²) in [5.74, 6) is 1.49. The molecule has 4 aromatic rings. The van der Waals surface area contributed by atoms with Crippen molar-refractivity contribution in [2.24, 2.45) is 0 Å². The lowest BCUT2D eigenvalue weighted by Crippen LogP contribution is -2.19. The highest BCUT2D eigenvalue weighted by Gasteiger charge is 2.10. The van der Waals surface area contributed by atoms with Crippen molar-refractivity contribution >= 4 is 0 Å². The van der Waals surface area contributed by atoms with E-state index in [-0.39, 0.29) is 6.04 Å². The molecule has 0 aliphatic rings. The van der Waals surface area contributed by atoms with Crippen molar-refractivity contribution in [3.8, 4) is 11.5 Å². The van der Waals surface area contributed by atoms with Crippen LogP contribution in [0.4, 0.5) is 0 Å². The van der Waals surface area contributed by atoms with Gasteiger partial charge in [0, 0.05) is 18.8 Å². The van der Waals surface area contributed by atoms with E-state index in [4.69, 9.17) is 9.47 Å². The Morgan fingerprint density at radius 2 is 1.31 bits per heavy atom. The van der Waals surface area contributed by atoms with E-state index in [9.17, 15) is 0 Å². The van der Waals surface area contributed by atoms with E-state index in [0.29, 0.717) is 19.8 Å². The van der Waals surface area contributed by atoms with Gasteiger partial charge in [0.25, 0.3) is 0 Å². The fourth-order valence-corrected chi connectivity index (χ4v) is 3.37. The molecule has 0 saturated heterocycles. The van der Waals surface area contributed by atoms with Gasteiger partial charge in [0.1, 0.15) is 13.2 Å². The third-order valence-corrected chi connectivity index (χ3v) is 5.23. The molecule has 162 valence electrons. The van der Waals surface area contributed by atoms with Crippen molar-refractivity contribution < 1.29 is 9.47 Å². The van der Waals surface area contributed by atoms with E-state index in [1.807, 2.05) is 66.9 Å². The summed E-state index contributed by atoms with van der Waals surface area (Å²) in [6, 6.07) is 32.6. The Kier molecular flexibility index (Phi) is 7.51. The molecule has 3 aromatic carbocycles. The summed E-state index contributed by atoms with van der Waals surface area (Å²) >= 11 is 0. The van der Waals surface area contributed by atoms with Crippen LogP contribution in [0, 0.1) is 0 Å². The molecule has 0 bridgehead atoms. The summed E-state index contributed by atoms with van der Waals surface area (Å²) in [5, 5.41) is 3.53. The first-order chi connectivity index (χ1) is 15.8. The average molecular weight is 425 g/mol. The first-order valence-corrected chi connectivity index (χ1v) is 10.9. The van der Waals surface area contributed by atoms with E-state index in [1.165, 1.54) is 0 Å². The monoisotopic (exact) mass is 424 g/mol. The predicted molar refractivity (Wildman–Crippen MR) is 127 cm³/mol. The average Bonchev–Trinajstić information content (AvgIpc) is 2.87. The highest BCUT2D eigenvalue weighted by Crippen LogP contribution is 2.30. The Morgan fingerprint density at radius 1 is 0.688 bits per heavy atom. The molecule has 1 atom stereocenters. The van der Waals surface area contributed by atoms with Crippen molar-refractivity contribution in [1.82, 2.24) is 10.3 Å². The van der Waals surface area contributed by atoms with Gasteiger partial charge in [-0.2, -0.15) is 0 Å². The Bertz CT molecular complexity index is 1090. The van der Waals surface area contributed by atoms with Gasteiger partial charge >= 0.3 is 0 Å². The van der Waals surface area contributed by atoms with Crippen molar-refractivity contribution in [3.63, 3.8) is 0 Å². The molecule has 4 nitrogen and oxygen atoms in total. The smallest absolute Gasteiger partial charge is 0.162 e. The summed E-state index contributed by atoms with van der Waals surface area (Å²) < 4.78 is 12.3. The molecule has 0 amide bonds. The number of nitrogens with zero attached hydrogens (tertiary/aromatic N) is 1. The van der Waals surface area contributed by atoms with E-state index in [0.717, 1.165) is 33.9 Å². The lowest BCUT2D eigenvalue weighted by atomic mass is 10.1. The van der Waals surface area contributed by atoms with E-state index >= 15 is 0 Å². The standard InChI is InChI=1S/C28H28N2O2/c1-22(26-14-8-9-17-29-26)30-19-25-15-16-27(31-20-23-10-4-2-5-11-23)28(18-25)32-21-24-12-6-3-7-13-24/h2-18,22,30H,19-21H2,1H3. The molecule has 0 spiro atoms.